The predicted molar refractivity (Wildman–Crippen MR) is 64.3 cm³/mol. The monoisotopic (exact) mass is 224 g/mol. The number of aliphatic hydroxyl groups is 1. The number of aliphatic hydroxyl groups excluding tert-OH is 1. The van der Waals surface area contributed by atoms with E-state index in [2.05, 4.69) is 5.32 Å². The number of hydrogen-bond acceptors (Lipinski definition) is 4. The molecule has 0 fully saturated rings. The molecule has 0 bridgehead atoms. The van der Waals surface area contributed by atoms with E-state index >= 15 is 0 Å². The Bertz CT molecular complexity index is 322. The van der Waals surface area contributed by atoms with Gasteiger partial charge in [0.1, 0.15) is 5.75 Å². The van der Waals surface area contributed by atoms with Crippen molar-refractivity contribution in [1.82, 2.24) is 5.32 Å². The maximum atomic E-state index is 10.2. The molecule has 0 radical (unpaired) electrons. The van der Waals surface area contributed by atoms with Gasteiger partial charge in [0.05, 0.1) is 6.10 Å². The summed E-state index contributed by atoms with van der Waals surface area (Å²) in [7, 11) is 1.78. The van der Waals surface area contributed by atoms with Gasteiger partial charge in [-0.05, 0) is 38.6 Å². The van der Waals surface area contributed by atoms with Crippen LogP contribution in [0, 0.1) is 6.92 Å². The minimum atomic E-state index is -0.741. The number of aromatic hydroxyl groups is 1. The van der Waals surface area contributed by atoms with Gasteiger partial charge in [0.15, 0.2) is 0 Å². The van der Waals surface area contributed by atoms with Gasteiger partial charge in [0, 0.05) is 11.6 Å². The zero-order chi connectivity index (χ0) is 12.1. The lowest BCUT2D eigenvalue weighted by Crippen LogP contribution is -2.34. The van der Waals surface area contributed by atoms with Crippen molar-refractivity contribution < 1.29 is 10.2 Å². The van der Waals surface area contributed by atoms with Crippen molar-refractivity contribution in [3.63, 3.8) is 0 Å². The molecule has 0 aromatic heterocycles. The Morgan fingerprint density at radius 1 is 1.44 bits per heavy atom. The summed E-state index contributed by atoms with van der Waals surface area (Å²) in [6.45, 7) is 2.36. The lowest BCUT2D eigenvalue weighted by atomic mass is 9.95. The summed E-state index contributed by atoms with van der Waals surface area (Å²) in [6.07, 6.45) is -0.0828. The zero-order valence-electron chi connectivity index (χ0n) is 9.77. The summed E-state index contributed by atoms with van der Waals surface area (Å²) in [5.74, 6) is 0.129. The van der Waals surface area contributed by atoms with Gasteiger partial charge in [-0.15, -0.1) is 0 Å². The molecule has 0 amide bonds. The quantitative estimate of drug-likeness (QED) is 0.593. The third kappa shape index (κ3) is 2.72. The normalized spacial score (nSPS) is 14.8. The number of benzene rings is 1. The van der Waals surface area contributed by atoms with E-state index in [-0.39, 0.29) is 11.8 Å². The van der Waals surface area contributed by atoms with E-state index in [0.29, 0.717) is 18.5 Å². The molecule has 1 aromatic rings. The standard InChI is InChI=1S/C12H20N2O2/c1-8-4-3-5-10(15)11(8)12(16)9(14-2)6-7-13/h3-5,9,12,14-16H,6-7,13H2,1-2H3. The SMILES string of the molecule is CNC(CCN)C(O)c1c(C)cccc1O. The Morgan fingerprint density at radius 2 is 2.12 bits per heavy atom. The first kappa shape index (κ1) is 13.0. The molecule has 5 N–H and O–H groups in total. The smallest absolute Gasteiger partial charge is 0.121 e. The third-order valence-electron chi connectivity index (χ3n) is 2.83. The van der Waals surface area contributed by atoms with E-state index in [1.807, 2.05) is 13.0 Å². The summed E-state index contributed by atoms with van der Waals surface area (Å²) < 4.78 is 0. The first-order valence-electron chi connectivity index (χ1n) is 5.45. The van der Waals surface area contributed by atoms with Crippen molar-refractivity contribution in [2.24, 2.45) is 5.73 Å². The van der Waals surface area contributed by atoms with Crippen LogP contribution in [0.1, 0.15) is 23.7 Å². The highest BCUT2D eigenvalue weighted by molar-refractivity contribution is 5.40. The third-order valence-corrected chi connectivity index (χ3v) is 2.83. The fourth-order valence-electron chi connectivity index (χ4n) is 1.89. The van der Waals surface area contributed by atoms with Gasteiger partial charge < -0.3 is 21.3 Å². The average molecular weight is 224 g/mol. The highest BCUT2D eigenvalue weighted by Crippen LogP contribution is 2.30. The molecule has 0 saturated carbocycles. The van der Waals surface area contributed by atoms with Gasteiger partial charge in [-0.1, -0.05) is 12.1 Å². The van der Waals surface area contributed by atoms with Crippen LogP contribution in [0.4, 0.5) is 0 Å². The number of rotatable bonds is 5. The second-order valence-corrected chi connectivity index (χ2v) is 3.93. The van der Waals surface area contributed by atoms with Crippen LogP contribution in [0.5, 0.6) is 5.75 Å². The van der Waals surface area contributed by atoms with E-state index in [9.17, 15) is 10.2 Å². The molecule has 2 unspecified atom stereocenters. The molecule has 4 heteroatoms. The summed E-state index contributed by atoms with van der Waals surface area (Å²) >= 11 is 0. The van der Waals surface area contributed by atoms with Crippen molar-refractivity contribution in [3.05, 3.63) is 29.3 Å². The summed E-state index contributed by atoms with van der Waals surface area (Å²) in [4.78, 5) is 0. The molecule has 16 heavy (non-hydrogen) atoms. The van der Waals surface area contributed by atoms with E-state index in [1.54, 1.807) is 19.2 Å². The van der Waals surface area contributed by atoms with Crippen LogP contribution in [0.2, 0.25) is 0 Å². The molecule has 0 aliphatic carbocycles. The van der Waals surface area contributed by atoms with E-state index in [4.69, 9.17) is 5.73 Å². The van der Waals surface area contributed by atoms with E-state index < -0.39 is 6.10 Å². The Kier molecular flexibility index (Phi) is 4.73. The number of likely N-dealkylation sites (N-methyl/N-ethyl adjacent to an activating group) is 1. The van der Waals surface area contributed by atoms with Gasteiger partial charge in [0.2, 0.25) is 0 Å². The number of nitrogens with two attached hydrogens (primary N) is 1. The molecule has 0 heterocycles. The molecule has 0 spiro atoms. The maximum Gasteiger partial charge on any atom is 0.121 e. The molecule has 4 nitrogen and oxygen atoms in total. The van der Waals surface area contributed by atoms with Crippen molar-refractivity contribution >= 4 is 0 Å². The Labute approximate surface area is 96.1 Å². The maximum absolute atomic E-state index is 10.2. The summed E-state index contributed by atoms with van der Waals surface area (Å²) in [5, 5.41) is 23.0. The number of phenolic OH excluding ortho intramolecular Hbond substituents is 1. The van der Waals surface area contributed by atoms with Crippen LogP contribution in [0.25, 0.3) is 0 Å². The highest BCUT2D eigenvalue weighted by atomic mass is 16.3. The molecular weight excluding hydrogens is 204 g/mol. The average Bonchev–Trinajstić information content (AvgIpc) is 2.25. The molecule has 90 valence electrons. The molecule has 0 aliphatic heterocycles. The summed E-state index contributed by atoms with van der Waals surface area (Å²) in [5.41, 5.74) is 6.94. The Balaban J connectivity index is 2.98. The van der Waals surface area contributed by atoms with Crippen molar-refractivity contribution in [2.75, 3.05) is 13.6 Å². The molecule has 1 aromatic carbocycles. The highest BCUT2D eigenvalue weighted by Gasteiger charge is 2.22. The second-order valence-electron chi connectivity index (χ2n) is 3.93. The van der Waals surface area contributed by atoms with E-state index in [1.165, 1.54) is 0 Å². The van der Waals surface area contributed by atoms with Crippen LogP contribution in [-0.2, 0) is 0 Å². The van der Waals surface area contributed by atoms with Crippen molar-refractivity contribution in [2.45, 2.75) is 25.5 Å². The minimum absolute atomic E-state index is 0.129. The fraction of sp³-hybridized carbons (Fsp3) is 0.500. The van der Waals surface area contributed by atoms with Crippen LogP contribution in [-0.4, -0.2) is 29.8 Å². The van der Waals surface area contributed by atoms with Gasteiger partial charge in [0.25, 0.3) is 0 Å². The predicted octanol–water partition coefficient (Wildman–Crippen LogP) is 0.671. The Morgan fingerprint density at radius 3 is 2.62 bits per heavy atom. The van der Waals surface area contributed by atoms with Crippen LogP contribution in [0.3, 0.4) is 0 Å². The zero-order valence-corrected chi connectivity index (χ0v) is 9.77. The minimum Gasteiger partial charge on any atom is -0.508 e. The van der Waals surface area contributed by atoms with Gasteiger partial charge in [-0.25, -0.2) is 0 Å². The fourth-order valence-corrected chi connectivity index (χ4v) is 1.89. The first-order chi connectivity index (χ1) is 7.61. The molecule has 1 rings (SSSR count). The number of phenols is 1. The number of hydrogen-bond donors (Lipinski definition) is 4. The topological polar surface area (TPSA) is 78.5 Å². The van der Waals surface area contributed by atoms with Gasteiger partial charge >= 0.3 is 0 Å². The van der Waals surface area contributed by atoms with Crippen molar-refractivity contribution in [3.8, 4) is 5.75 Å². The largest absolute Gasteiger partial charge is 0.508 e. The van der Waals surface area contributed by atoms with Gasteiger partial charge in [-0.3, -0.25) is 0 Å². The van der Waals surface area contributed by atoms with Crippen molar-refractivity contribution in [1.29, 1.82) is 0 Å². The second kappa shape index (κ2) is 5.84. The number of aryl methyl sites for hydroxylation is 1. The first-order valence-corrected chi connectivity index (χ1v) is 5.45. The molecule has 0 saturated heterocycles. The lowest BCUT2D eigenvalue weighted by Gasteiger charge is -2.24. The molecular formula is C12H20N2O2. The Hall–Kier alpha value is -1.10. The molecule has 0 aliphatic rings. The summed E-state index contributed by atoms with van der Waals surface area (Å²) in [6, 6.07) is 5.07. The number of nitrogens with one attached hydrogen (secondary N) is 1. The van der Waals surface area contributed by atoms with Crippen LogP contribution >= 0.6 is 0 Å². The molecule has 2 atom stereocenters. The lowest BCUT2D eigenvalue weighted by molar-refractivity contribution is 0.125. The van der Waals surface area contributed by atoms with Crippen LogP contribution in [0.15, 0.2) is 18.2 Å². The van der Waals surface area contributed by atoms with Crippen LogP contribution < -0.4 is 11.1 Å². The van der Waals surface area contributed by atoms with Gasteiger partial charge in [-0.2, -0.15) is 0 Å². The van der Waals surface area contributed by atoms with E-state index in [0.717, 1.165) is 5.56 Å².